The van der Waals surface area contributed by atoms with E-state index < -0.39 is 0 Å². The number of nitrogens with two attached hydrogens (primary N) is 1. The minimum Gasteiger partial charge on any atom is -0.379 e. The summed E-state index contributed by atoms with van der Waals surface area (Å²) < 4.78 is 10.8. The van der Waals surface area contributed by atoms with Crippen LogP contribution < -0.4 is 11.3 Å². The quantitative estimate of drug-likeness (QED) is 0.343. The number of hydrogen-bond donors (Lipinski definition) is 2. The smallest absolute Gasteiger partial charge is 0.275 e. The molecule has 1 amide bonds. The number of nitrogen functional groups attached to an aromatic ring is 1. The zero-order valence-electron chi connectivity index (χ0n) is 11.0. The van der Waals surface area contributed by atoms with Crippen LogP contribution in [0.15, 0.2) is 12.1 Å². The van der Waals surface area contributed by atoms with Gasteiger partial charge < -0.3 is 9.47 Å². The molecule has 1 rings (SSSR count). The van der Waals surface area contributed by atoms with Crippen LogP contribution in [0.25, 0.3) is 0 Å². The maximum absolute atomic E-state index is 11.2. The lowest BCUT2D eigenvalue weighted by atomic mass is 10.1. The second-order valence-electron chi connectivity index (χ2n) is 4.51. The van der Waals surface area contributed by atoms with Crippen molar-refractivity contribution in [1.82, 2.24) is 5.43 Å². The maximum Gasteiger partial charge on any atom is 0.275 e. The molecule has 5 nitrogen and oxygen atoms in total. The molecule has 0 aliphatic carbocycles. The van der Waals surface area contributed by atoms with Crippen LogP contribution >= 0.6 is 11.3 Å². The molecule has 0 bridgehead atoms. The van der Waals surface area contributed by atoms with Gasteiger partial charge in [-0.2, -0.15) is 0 Å². The number of ether oxygens (including phenoxy) is 2. The minimum atomic E-state index is -0.272. The number of amides is 1. The highest BCUT2D eigenvalue weighted by molar-refractivity contribution is 7.14. The van der Waals surface area contributed by atoms with Gasteiger partial charge in [0.15, 0.2) is 0 Å². The second kappa shape index (κ2) is 6.84. The Morgan fingerprint density at radius 2 is 2.22 bits per heavy atom. The zero-order valence-corrected chi connectivity index (χ0v) is 11.8. The fourth-order valence-electron chi connectivity index (χ4n) is 1.24. The summed E-state index contributed by atoms with van der Waals surface area (Å²) in [7, 11) is 1.69. The topological polar surface area (TPSA) is 73.6 Å². The number of carbonyl (C=O) groups excluding carboxylic acids is 1. The van der Waals surface area contributed by atoms with E-state index in [4.69, 9.17) is 15.3 Å². The summed E-state index contributed by atoms with van der Waals surface area (Å²) in [5.74, 6) is 4.79. The summed E-state index contributed by atoms with van der Waals surface area (Å²) in [5, 5.41) is 0. The molecular formula is C12H20N2O3S. The van der Waals surface area contributed by atoms with Gasteiger partial charge in [-0.15, -0.1) is 11.3 Å². The molecule has 0 radical (unpaired) electrons. The van der Waals surface area contributed by atoms with E-state index in [9.17, 15) is 4.79 Å². The predicted octanol–water partition coefficient (Wildman–Crippen LogP) is 1.68. The molecule has 0 aliphatic heterocycles. The van der Waals surface area contributed by atoms with E-state index in [2.05, 4.69) is 5.43 Å². The van der Waals surface area contributed by atoms with Crippen molar-refractivity contribution in [3.63, 3.8) is 0 Å². The third kappa shape index (κ3) is 4.73. The molecule has 1 heterocycles. The molecule has 0 atom stereocenters. The van der Waals surface area contributed by atoms with Gasteiger partial charge in [-0.05, 0) is 32.4 Å². The average molecular weight is 272 g/mol. The first-order valence-electron chi connectivity index (χ1n) is 5.71. The van der Waals surface area contributed by atoms with Crippen LogP contribution in [-0.2, 0) is 16.1 Å². The normalized spacial score (nSPS) is 11.6. The van der Waals surface area contributed by atoms with Gasteiger partial charge in [0.2, 0.25) is 0 Å². The standard InChI is InChI=1S/C12H20N2O3S/c1-12(2,16-3)6-7-17-8-9-4-5-10(18-9)11(15)14-13/h4-5H,6-8,13H2,1-3H3,(H,14,15). The molecule has 0 saturated carbocycles. The van der Waals surface area contributed by atoms with Crippen molar-refractivity contribution < 1.29 is 14.3 Å². The lowest BCUT2D eigenvalue weighted by molar-refractivity contribution is -0.0121. The molecule has 1 aromatic rings. The molecule has 0 unspecified atom stereocenters. The number of hydrogen-bond acceptors (Lipinski definition) is 5. The van der Waals surface area contributed by atoms with Crippen LogP contribution in [0.3, 0.4) is 0 Å². The van der Waals surface area contributed by atoms with Crippen LogP contribution in [0.4, 0.5) is 0 Å². The first-order valence-corrected chi connectivity index (χ1v) is 6.53. The Morgan fingerprint density at radius 3 is 2.83 bits per heavy atom. The predicted molar refractivity (Wildman–Crippen MR) is 71.3 cm³/mol. The summed E-state index contributed by atoms with van der Waals surface area (Å²) in [6.07, 6.45) is 0.824. The van der Waals surface area contributed by atoms with Crippen molar-refractivity contribution in [3.05, 3.63) is 21.9 Å². The molecule has 102 valence electrons. The van der Waals surface area contributed by atoms with E-state index in [-0.39, 0.29) is 11.5 Å². The number of nitrogens with one attached hydrogen (secondary N) is 1. The van der Waals surface area contributed by atoms with Gasteiger partial charge in [-0.3, -0.25) is 10.2 Å². The third-order valence-corrected chi connectivity index (χ3v) is 3.72. The SMILES string of the molecule is COC(C)(C)CCOCc1ccc(C(=O)NN)s1. The molecule has 18 heavy (non-hydrogen) atoms. The number of carbonyl (C=O) groups is 1. The van der Waals surface area contributed by atoms with Crippen LogP contribution in [-0.4, -0.2) is 25.2 Å². The van der Waals surface area contributed by atoms with Gasteiger partial charge in [-0.1, -0.05) is 0 Å². The largest absolute Gasteiger partial charge is 0.379 e. The average Bonchev–Trinajstić information content (AvgIpc) is 2.82. The van der Waals surface area contributed by atoms with Gasteiger partial charge >= 0.3 is 0 Å². The Balaban J connectivity index is 2.32. The first-order chi connectivity index (χ1) is 8.48. The zero-order chi connectivity index (χ0) is 13.6. The number of methoxy groups -OCH3 is 1. The molecule has 3 N–H and O–H groups in total. The minimum absolute atomic E-state index is 0.167. The first kappa shape index (κ1) is 15.1. The van der Waals surface area contributed by atoms with Gasteiger partial charge in [0.25, 0.3) is 5.91 Å². The van der Waals surface area contributed by atoms with Gasteiger partial charge in [0.05, 0.1) is 17.1 Å². The Bertz CT molecular complexity index is 390. The van der Waals surface area contributed by atoms with Crippen molar-refractivity contribution in [2.24, 2.45) is 5.84 Å². The van der Waals surface area contributed by atoms with Crippen molar-refractivity contribution >= 4 is 17.2 Å². The van der Waals surface area contributed by atoms with E-state index in [1.54, 1.807) is 13.2 Å². The summed E-state index contributed by atoms with van der Waals surface area (Å²) in [5.41, 5.74) is 1.94. The highest BCUT2D eigenvalue weighted by Crippen LogP contribution is 2.18. The fraction of sp³-hybridized carbons (Fsp3) is 0.583. The van der Waals surface area contributed by atoms with Crippen LogP contribution in [0, 0.1) is 0 Å². The molecule has 1 aromatic heterocycles. The summed E-state index contributed by atoms with van der Waals surface area (Å²) in [6, 6.07) is 3.61. The Morgan fingerprint density at radius 1 is 1.50 bits per heavy atom. The highest BCUT2D eigenvalue weighted by Gasteiger charge is 2.15. The highest BCUT2D eigenvalue weighted by atomic mass is 32.1. The summed E-state index contributed by atoms with van der Waals surface area (Å²) in [4.78, 5) is 12.8. The fourth-order valence-corrected chi connectivity index (χ4v) is 2.09. The molecule has 0 spiro atoms. The van der Waals surface area contributed by atoms with Gasteiger partial charge in [0, 0.05) is 18.6 Å². The molecule has 0 aromatic carbocycles. The van der Waals surface area contributed by atoms with E-state index in [0.29, 0.717) is 18.1 Å². The van der Waals surface area contributed by atoms with Gasteiger partial charge in [0.1, 0.15) is 0 Å². The van der Waals surface area contributed by atoms with E-state index in [0.717, 1.165) is 11.3 Å². The van der Waals surface area contributed by atoms with Crippen LogP contribution in [0.2, 0.25) is 0 Å². The number of thiophene rings is 1. The third-order valence-electron chi connectivity index (χ3n) is 2.66. The molecule has 6 heteroatoms. The van der Waals surface area contributed by atoms with Crippen molar-refractivity contribution in [3.8, 4) is 0 Å². The van der Waals surface area contributed by atoms with Gasteiger partial charge in [-0.25, -0.2) is 5.84 Å². The van der Waals surface area contributed by atoms with E-state index >= 15 is 0 Å². The summed E-state index contributed by atoms with van der Waals surface area (Å²) in [6.45, 7) is 5.16. The lowest BCUT2D eigenvalue weighted by Crippen LogP contribution is -2.29. The molecular weight excluding hydrogens is 252 g/mol. The maximum atomic E-state index is 11.2. The number of hydrazine groups is 1. The molecule has 0 fully saturated rings. The lowest BCUT2D eigenvalue weighted by Gasteiger charge is -2.22. The Kier molecular flexibility index (Phi) is 5.74. The number of rotatable bonds is 7. The Labute approximate surface area is 111 Å². The Hall–Kier alpha value is -0.950. The monoisotopic (exact) mass is 272 g/mol. The van der Waals surface area contributed by atoms with Crippen molar-refractivity contribution in [2.75, 3.05) is 13.7 Å². The summed E-state index contributed by atoms with van der Waals surface area (Å²) >= 11 is 1.38. The molecule has 0 saturated heterocycles. The van der Waals surface area contributed by atoms with E-state index in [1.165, 1.54) is 11.3 Å². The van der Waals surface area contributed by atoms with Crippen molar-refractivity contribution in [2.45, 2.75) is 32.5 Å². The second-order valence-corrected chi connectivity index (χ2v) is 5.67. The molecule has 0 aliphatic rings. The van der Waals surface area contributed by atoms with Crippen LogP contribution in [0.1, 0.15) is 34.8 Å². The van der Waals surface area contributed by atoms with Crippen LogP contribution in [0.5, 0.6) is 0 Å². The van der Waals surface area contributed by atoms with Crippen molar-refractivity contribution in [1.29, 1.82) is 0 Å². The van der Waals surface area contributed by atoms with E-state index in [1.807, 2.05) is 19.9 Å².